The quantitative estimate of drug-likeness (QED) is 0.198. The number of rotatable bonds is 12. The summed E-state index contributed by atoms with van der Waals surface area (Å²) in [4.78, 5) is 53.1. The number of carbonyl (C=O) groups excluding carboxylic acids is 4. The Kier molecular flexibility index (Phi) is 12.1. The van der Waals surface area contributed by atoms with Crippen LogP contribution in [0.3, 0.4) is 0 Å². The van der Waals surface area contributed by atoms with Crippen molar-refractivity contribution in [2.24, 2.45) is 5.73 Å². The smallest absolute Gasteiger partial charge is 0.444 e. The molecule has 0 heterocycles. The van der Waals surface area contributed by atoms with Gasteiger partial charge in [-0.2, -0.15) is 0 Å². The van der Waals surface area contributed by atoms with Gasteiger partial charge in [-0.3, -0.25) is 9.59 Å². The number of hydrogen-bond donors (Lipinski definition) is 2. The molecule has 2 atom stereocenters. The molecule has 3 aromatic rings. The molecule has 0 saturated heterocycles. The van der Waals surface area contributed by atoms with Crippen molar-refractivity contribution in [3.8, 4) is 11.5 Å². The molecular formula is C35H43N3O7. The average molecular weight is 618 g/mol. The summed E-state index contributed by atoms with van der Waals surface area (Å²) in [7, 11) is 0. The molecule has 0 spiro atoms. The fourth-order valence-corrected chi connectivity index (χ4v) is 4.84. The van der Waals surface area contributed by atoms with Gasteiger partial charge in [0.25, 0.3) is 0 Å². The van der Waals surface area contributed by atoms with Crippen LogP contribution in [0.15, 0.2) is 72.8 Å². The van der Waals surface area contributed by atoms with E-state index in [0.717, 1.165) is 22.3 Å². The predicted octanol–water partition coefficient (Wildman–Crippen LogP) is 5.65. The highest BCUT2D eigenvalue weighted by Gasteiger charge is 2.33. The summed E-state index contributed by atoms with van der Waals surface area (Å²) in [6.07, 6.45) is -0.303. The molecule has 0 radical (unpaired) electrons. The zero-order valence-corrected chi connectivity index (χ0v) is 26.8. The second-order valence-corrected chi connectivity index (χ2v) is 11.9. The summed E-state index contributed by atoms with van der Waals surface area (Å²) in [5.74, 6) is -0.510. The Bertz CT molecular complexity index is 1450. The molecule has 0 aromatic heterocycles. The molecular weight excluding hydrogens is 574 g/mol. The predicted molar refractivity (Wildman–Crippen MR) is 171 cm³/mol. The minimum absolute atomic E-state index is 0.0884. The first-order valence-electron chi connectivity index (χ1n) is 14.9. The van der Waals surface area contributed by atoms with Crippen LogP contribution in [0.4, 0.5) is 9.59 Å². The van der Waals surface area contributed by atoms with Gasteiger partial charge in [0.05, 0.1) is 0 Å². The zero-order valence-electron chi connectivity index (χ0n) is 26.8. The van der Waals surface area contributed by atoms with Crippen LogP contribution in [0.1, 0.15) is 56.4 Å². The van der Waals surface area contributed by atoms with Crippen molar-refractivity contribution in [1.82, 2.24) is 10.2 Å². The van der Waals surface area contributed by atoms with Crippen molar-refractivity contribution in [2.75, 3.05) is 6.54 Å². The summed E-state index contributed by atoms with van der Waals surface area (Å²) in [6.45, 7) is 10.6. The molecule has 3 N–H and O–H groups in total. The van der Waals surface area contributed by atoms with Crippen molar-refractivity contribution >= 4 is 24.1 Å². The van der Waals surface area contributed by atoms with Gasteiger partial charge in [0, 0.05) is 13.0 Å². The Labute approximate surface area is 264 Å². The maximum atomic E-state index is 14.1. The molecule has 0 unspecified atom stereocenters. The fraction of sp³-hybridized carbons (Fsp3) is 0.371. The number of nitrogens with one attached hydrogen (secondary N) is 1. The number of primary amides is 1. The summed E-state index contributed by atoms with van der Waals surface area (Å²) in [5, 5.41) is 2.72. The van der Waals surface area contributed by atoms with Crippen LogP contribution in [0.25, 0.3) is 0 Å². The standard InChI is InChI=1S/C35H43N3O7/c1-23-20-28(44-34(42)43-27-17-11-8-12-18-27)21-24(2)29(23)22-30(37-33(41)45-35(4,5)6)32(40)38(25(3)31(36)39)19-13-16-26-14-9-7-10-15-26/h7-12,14-15,17-18,20-21,25,30H,13,16,19,22H2,1-6H3,(H2,36,39)(H,37,41)/t25-,30+/m1/s1. The van der Waals surface area contributed by atoms with E-state index in [1.54, 1.807) is 70.2 Å². The molecule has 3 aromatic carbocycles. The molecule has 0 aliphatic heterocycles. The summed E-state index contributed by atoms with van der Waals surface area (Å²) >= 11 is 0. The topological polar surface area (TPSA) is 137 Å². The van der Waals surface area contributed by atoms with Gasteiger partial charge in [-0.05, 0) is 101 Å². The molecule has 0 aliphatic carbocycles. The van der Waals surface area contributed by atoms with Crippen LogP contribution in [-0.2, 0) is 27.2 Å². The molecule has 0 fully saturated rings. The number of nitrogens with zero attached hydrogens (tertiary/aromatic N) is 1. The Morgan fingerprint density at radius 3 is 1.98 bits per heavy atom. The lowest BCUT2D eigenvalue weighted by Crippen LogP contribution is -2.55. The Morgan fingerprint density at radius 2 is 1.42 bits per heavy atom. The lowest BCUT2D eigenvalue weighted by molar-refractivity contribution is -0.140. The SMILES string of the molecule is Cc1cc(OC(=O)Oc2ccccc2)cc(C)c1C[C@H](NC(=O)OC(C)(C)C)C(=O)N(CCCc1ccccc1)[C@H](C)C(N)=O. The number of aryl methyl sites for hydroxylation is 3. The van der Waals surface area contributed by atoms with Crippen molar-refractivity contribution in [2.45, 2.75) is 78.5 Å². The van der Waals surface area contributed by atoms with E-state index in [1.807, 2.05) is 44.2 Å². The van der Waals surface area contributed by atoms with Gasteiger partial charge in [0.2, 0.25) is 11.8 Å². The van der Waals surface area contributed by atoms with Crippen LogP contribution in [0, 0.1) is 13.8 Å². The second-order valence-electron chi connectivity index (χ2n) is 11.9. The maximum Gasteiger partial charge on any atom is 0.519 e. The largest absolute Gasteiger partial charge is 0.519 e. The number of ether oxygens (including phenoxy) is 3. The van der Waals surface area contributed by atoms with Crippen LogP contribution in [0.2, 0.25) is 0 Å². The molecule has 10 nitrogen and oxygen atoms in total. The van der Waals surface area contributed by atoms with Crippen molar-refractivity contribution in [1.29, 1.82) is 0 Å². The van der Waals surface area contributed by atoms with E-state index in [4.69, 9.17) is 19.9 Å². The minimum Gasteiger partial charge on any atom is -0.444 e. The first-order chi connectivity index (χ1) is 21.2. The van der Waals surface area contributed by atoms with E-state index in [0.29, 0.717) is 18.6 Å². The third-order valence-corrected chi connectivity index (χ3v) is 7.08. The fourth-order valence-electron chi connectivity index (χ4n) is 4.84. The first-order valence-corrected chi connectivity index (χ1v) is 14.9. The molecule has 3 amide bonds. The molecule has 240 valence electrons. The molecule has 10 heteroatoms. The van der Waals surface area contributed by atoms with Gasteiger partial charge < -0.3 is 30.2 Å². The Morgan fingerprint density at radius 1 is 0.867 bits per heavy atom. The maximum absolute atomic E-state index is 14.1. The highest BCUT2D eigenvalue weighted by atomic mass is 16.7. The first kappa shape index (κ1) is 34.6. The monoisotopic (exact) mass is 617 g/mol. The number of carbonyl (C=O) groups is 4. The molecule has 0 saturated carbocycles. The number of para-hydroxylation sites is 1. The third-order valence-electron chi connectivity index (χ3n) is 7.08. The van der Waals surface area contributed by atoms with Gasteiger partial charge in [-0.1, -0.05) is 48.5 Å². The van der Waals surface area contributed by atoms with Gasteiger partial charge >= 0.3 is 12.2 Å². The summed E-state index contributed by atoms with van der Waals surface area (Å²) < 4.78 is 16.1. The average Bonchev–Trinajstić information content (AvgIpc) is 2.96. The summed E-state index contributed by atoms with van der Waals surface area (Å²) in [6, 6.07) is 19.7. The lowest BCUT2D eigenvalue weighted by Gasteiger charge is -2.32. The second kappa shape index (κ2) is 15.7. The lowest BCUT2D eigenvalue weighted by atomic mass is 9.95. The van der Waals surface area contributed by atoms with Crippen LogP contribution in [-0.4, -0.2) is 53.2 Å². The van der Waals surface area contributed by atoms with Crippen LogP contribution in [0.5, 0.6) is 11.5 Å². The van der Waals surface area contributed by atoms with Crippen molar-refractivity contribution in [3.05, 3.63) is 95.1 Å². The van der Waals surface area contributed by atoms with Gasteiger partial charge in [-0.15, -0.1) is 0 Å². The van der Waals surface area contributed by atoms with E-state index >= 15 is 0 Å². The Hall–Kier alpha value is -4.86. The van der Waals surface area contributed by atoms with Gasteiger partial charge in [0.15, 0.2) is 0 Å². The number of nitrogens with two attached hydrogens (primary N) is 1. The number of hydrogen-bond acceptors (Lipinski definition) is 7. The van der Waals surface area contributed by atoms with Crippen LogP contribution >= 0.6 is 0 Å². The number of benzene rings is 3. The van der Waals surface area contributed by atoms with Gasteiger partial charge in [0.1, 0.15) is 29.2 Å². The van der Waals surface area contributed by atoms with E-state index in [1.165, 1.54) is 4.90 Å². The van der Waals surface area contributed by atoms with E-state index in [-0.39, 0.29) is 18.7 Å². The molecule has 45 heavy (non-hydrogen) atoms. The van der Waals surface area contributed by atoms with Gasteiger partial charge in [-0.25, -0.2) is 9.59 Å². The summed E-state index contributed by atoms with van der Waals surface area (Å²) in [5.41, 5.74) is 8.15. The highest BCUT2D eigenvalue weighted by Crippen LogP contribution is 2.25. The normalized spacial score (nSPS) is 12.4. The molecule has 0 aliphatic rings. The zero-order chi connectivity index (χ0) is 33.1. The molecule has 3 rings (SSSR count). The Balaban J connectivity index is 1.85. The van der Waals surface area contributed by atoms with E-state index in [2.05, 4.69) is 5.32 Å². The number of alkyl carbamates (subject to hydrolysis) is 1. The van der Waals surface area contributed by atoms with E-state index < -0.39 is 41.7 Å². The van der Waals surface area contributed by atoms with Crippen LogP contribution < -0.4 is 20.5 Å². The van der Waals surface area contributed by atoms with Crippen molar-refractivity contribution in [3.63, 3.8) is 0 Å². The third kappa shape index (κ3) is 11.0. The van der Waals surface area contributed by atoms with Crippen molar-refractivity contribution < 1.29 is 33.4 Å². The molecule has 0 bridgehead atoms. The minimum atomic E-state index is -1.08. The number of amides is 3. The van der Waals surface area contributed by atoms with E-state index in [9.17, 15) is 19.2 Å². The highest BCUT2D eigenvalue weighted by molar-refractivity contribution is 5.91.